The molecule has 3 heteroatoms. The first-order valence-corrected chi connectivity index (χ1v) is 10.8. The largest absolute Gasteiger partial charge is 0.457 e. The minimum absolute atomic E-state index is 0.652. The first-order chi connectivity index (χ1) is 16.3. The van der Waals surface area contributed by atoms with Crippen LogP contribution in [-0.2, 0) is 0 Å². The average Bonchev–Trinajstić information content (AvgIpc) is 2.87. The number of rotatable bonds is 7. The third-order valence-corrected chi connectivity index (χ3v) is 5.03. The lowest BCUT2D eigenvalue weighted by Crippen LogP contribution is -1.90. The smallest absolute Gasteiger partial charge is 0.169 e. The highest BCUT2D eigenvalue weighted by Crippen LogP contribution is 2.36. The topological polar surface area (TPSA) is 27.7 Å². The molecule has 0 saturated carbocycles. The molecule has 0 spiro atoms. The van der Waals surface area contributed by atoms with Gasteiger partial charge in [-0.05, 0) is 71.8 Å². The fraction of sp³-hybridized carbons (Fsp3) is 0. The first-order valence-electron chi connectivity index (χ1n) is 10.8. The van der Waals surface area contributed by atoms with Crippen LogP contribution in [0.3, 0.4) is 0 Å². The third kappa shape index (κ3) is 5.23. The maximum atomic E-state index is 6.21. The molecule has 0 amide bonds. The van der Waals surface area contributed by atoms with Gasteiger partial charge in [0.2, 0.25) is 0 Å². The Labute approximate surface area is 193 Å². The molecule has 3 nitrogen and oxygen atoms in total. The van der Waals surface area contributed by atoms with Gasteiger partial charge in [0.15, 0.2) is 11.5 Å². The summed E-state index contributed by atoms with van der Waals surface area (Å²) in [6.45, 7) is 0. The van der Waals surface area contributed by atoms with E-state index in [2.05, 4.69) is 12.1 Å². The van der Waals surface area contributed by atoms with Crippen LogP contribution in [0.4, 0.5) is 0 Å². The molecule has 0 radical (unpaired) electrons. The molecule has 0 N–H and O–H groups in total. The van der Waals surface area contributed by atoms with Crippen LogP contribution in [0.2, 0.25) is 0 Å². The molecule has 33 heavy (non-hydrogen) atoms. The van der Waals surface area contributed by atoms with Gasteiger partial charge in [0.1, 0.15) is 23.0 Å². The van der Waals surface area contributed by atoms with Crippen molar-refractivity contribution in [2.24, 2.45) is 0 Å². The average molecular weight is 431 g/mol. The van der Waals surface area contributed by atoms with E-state index in [4.69, 9.17) is 14.2 Å². The van der Waals surface area contributed by atoms with Gasteiger partial charge in [-0.25, -0.2) is 0 Å². The van der Waals surface area contributed by atoms with Crippen LogP contribution in [0.5, 0.6) is 34.5 Å². The predicted molar refractivity (Wildman–Crippen MR) is 131 cm³/mol. The highest BCUT2D eigenvalue weighted by Gasteiger charge is 2.09. The van der Waals surface area contributed by atoms with Crippen molar-refractivity contribution >= 4 is 0 Å². The number of ether oxygens (including phenoxy) is 3. The van der Waals surface area contributed by atoms with Crippen LogP contribution in [-0.4, -0.2) is 0 Å². The number of hydrogen-bond donors (Lipinski definition) is 0. The summed E-state index contributed by atoms with van der Waals surface area (Å²) in [5, 5.41) is 0. The normalized spacial score (nSPS) is 10.4. The fourth-order valence-electron chi connectivity index (χ4n) is 3.46. The van der Waals surface area contributed by atoms with Crippen molar-refractivity contribution in [1.29, 1.82) is 0 Å². The molecule has 0 aliphatic heterocycles. The van der Waals surface area contributed by atoms with Crippen molar-refractivity contribution in [3.63, 3.8) is 0 Å². The Morgan fingerprint density at radius 1 is 0.303 bits per heavy atom. The van der Waals surface area contributed by atoms with Gasteiger partial charge in [0.05, 0.1) is 0 Å². The summed E-state index contributed by atoms with van der Waals surface area (Å²) in [5.74, 6) is 4.39. The molecule has 160 valence electrons. The Balaban J connectivity index is 1.37. The van der Waals surface area contributed by atoms with Gasteiger partial charge >= 0.3 is 0 Å². The van der Waals surface area contributed by atoms with E-state index >= 15 is 0 Å². The molecule has 0 unspecified atom stereocenters. The lowest BCUT2D eigenvalue weighted by atomic mass is 10.1. The minimum Gasteiger partial charge on any atom is -0.457 e. The molecule has 0 aliphatic carbocycles. The Morgan fingerprint density at radius 3 is 1.24 bits per heavy atom. The van der Waals surface area contributed by atoms with E-state index in [-0.39, 0.29) is 0 Å². The molecule has 0 atom stereocenters. The standard InChI is InChI=1S/C30H22O3/c1-3-13-25(14-4-1)31-27-17-9-11-23(21-27)24-12-10-18-28(22-24)33-30-20-8-7-19-29(30)32-26-15-5-2-6-16-26/h1-22H. The monoisotopic (exact) mass is 430 g/mol. The third-order valence-electron chi connectivity index (χ3n) is 5.03. The van der Waals surface area contributed by atoms with Crippen molar-refractivity contribution < 1.29 is 14.2 Å². The lowest BCUT2D eigenvalue weighted by molar-refractivity contribution is 0.419. The van der Waals surface area contributed by atoms with Crippen LogP contribution in [0, 0.1) is 0 Å². The SMILES string of the molecule is c1ccc(Oc2cccc(-c3cccc(Oc4ccccc4Oc4ccccc4)c3)c2)cc1. The van der Waals surface area contributed by atoms with Gasteiger partial charge in [0.25, 0.3) is 0 Å². The van der Waals surface area contributed by atoms with Crippen LogP contribution in [0.1, 0.15) is 0 Å². The molecule has 5 aromatic carbocycles. The number of para-hydroxylation sites is 4. The maximum absolute atomic E-state index is 6.21. The zero-order valence-corrected chi connectivity index (χ0v) is 17.9. The Bertz CT molecular complexity index is 1330. The second-order valence-electron chi connectivity index (χ2n) is 7.43. The highest BCUT2D eigenvalue weighted by atomic mass is 16.5. The Kier molecular flexibility index (Phi) is 6.03. The summed E-state index contributed by atoms with van der Waals surface area (Å²) in [5.41, 5.74) is 2.08. The molecule has 0 aliphatic rings. The van der Waals surface area contributed by atoms with Crippen molar-refractivity contribution in [3.05, 3.63) is 133 Å². The fourth-order valence-corrected chi connectivity index (χ4v) is 3.46. The summed E-state index contributed by atoms with van der Waals surface area (Å²) in [7, 11) is 0. The lowest BCUT2D eigenvalue weighted by Gasteiger charge is -2.13. The Morgan fingerprint density at radius 2 is 0.697 bits per heavy atom. The van der Waals surface area contributed by atoms with E-state index in [0.29, 0.717) is 11.5 Å². The predicted octanol–water partition coefficient (Wildman–Crippen LogP) is 8.73. The quantitative estimate of drug-likeness (QED) is 0.258. The maximum Gasteiger partial charge on any atom is 0.169 e. The van der Waals surface area contributed by atoms with Crippen molar-refractivity contribution in [2.75, 3.05) is 0 Å². The van der Waals surface area contributed by atoms with Gasteiger partial charge in [-0.1, -0.05) is 72.8 Å². The summed E-state index contributed by atoms with van der Waals surface area (Å²) in [6.07, 6.45) is 0. The van der Waals surface area contributed by atoms with Crippen molar-refractivity contribution in [1.82, 2.24) is 0 Å². The molecule has 0 bridgehead atoms. The van der Waals surface area contributed by atoms with Crippen molar-refractivity contribution in [3.8, 4) is 45.6 Å². The van der Waals surface area contributed by atoms with Gasteiger partial charge in [-0.3, -0.25) is 0 Å². The van der Waals surface area contributed by atoms with E-state index < -0.39 is 0 Å². The molecule has 0 fully saturated rings. The van der Waals surface area contributed by atoms with E-state index in [1.165, 1.54) is 0 Å². The molecule has 5 aromatic rings. The highest BCUT2D eigenvalue weighted by molar-refractivity contribution is 5.67. The Hall–Kier alpha value is -4.50. The number of benzene rings is 5. The summed E-state index contributed by atoms with van der Waals surface area (Å²) in [4.78, 5) is 0. The van der Waals surface area contributed by atoms with E-state index in [0.717, 1.165) is 34.1 Å². The van der Waals surface area contributed by atoms with Crippen molar-refractivity contribution in [2.45, 2.75) is 0 Å². The van der Waals surface area contributed by atoms with E-state index in [1.54, 1.807) is 0 Å². The summed E-state index contributed by atoms with van der Waals surface area (Å²) >= 11 is 0. The molecule has 5 rings (SSSR count). The van der Waals surface area contributed by atoms with Gasteiger partial charge in [0, 0.05) is 0 Å². The van der Waals surface area contributed by atoms with Crippen LogP contribution in [0.15, 0.2) is 133 Å². The second kappa shape index (κ2) is 9.75. The minimum atomic E-state index is 0.652. The second-order valence-corrected chi connectivity index (χ2v) is 7.43. The summed E-state index contributed by atoms with van der Waals surface area (Å²) in [6, 6.07) is 43.1. The van der Waals surface area contributed by atoms with Crippen LogP contribution < -0.4 is 14.2 Å². The molecule has 0 saturated heterocycles. The van der Waals surface area contributed by atoms with E-state index in [9.17, 15) is 0 Å². The van der Waals surface area contributed by atoms with E-state index in [1.807, 2.05) is 121 Å². The molecular formula is C30H22O3. The summed E-state index contributed by atoms with van der Waals surface area (Å²) < 4.78 is 18.2. The van der Waals surface area contributed by atoms with Gasteiger partial charge in [-0.2, -0.15) is 0 Å². The van der Waals surface area contributed by atoms with Gasteiger partial charge in [-0.15, -0.1) is 0 Å². The molecule has 0 heterocycles. The molecular weight excluding hydrogens is 408 g/mol. The zero-order valence-electron chi connectivity index (χ0n) is 17.9. The zero-order chi connectivity index (χ0) is 22.3. The van der Waals surface area contributed by atoms with Crippen LogP contribution >= 0.6 is 0 Å². The molecule has 0 aromatic heterocycles. The van der Waals surface area contributed by atoms with Crippen LogP contribution in [0.25, 0.3) is 11.1 Å². The van der Waals surface area contributed by atoms with Gasteiger partial charge < -0.3 is 14.2 Å². The first kappa shape index (κ1) is 20.4. The number of hydrogen-bond acceptors (Lipinski definition) is 3.